The number of nitrogens with one attached hydrogen (secondary N) is 1. The molecule has 0 aromatic heterocycles. The van der Waals surface area contributed by atoms with Gasteiger partial charge in [-0.2, -0.15) is 13.2 Å². The lowest BCUT2D eigenvalue weighted by atomic mass is 9.97. The van der Waals surface area contributed by atoms with Gasteiger partial charge in [-0.15, -0.1) is 0 Å². The maximum atomic E-state index is 13.2. The average Bonchev–Trinajstić information content (AvgIpc) is 2.69. The van der Waals surface area contributed by atoms with E-state index in [1.165, 1.54) is 23.3 Å². The van der Waals surface area contributed by atoms with Crippen LogP contribution in [0, 0.1) is 13.8 Å². The smallest absolute Gasteiger partial charge is 0.416 e. The highest BCUT2D eigenvalue weighted by Gasteiger charge is 2.31. The Morgan fingerprint density at radius 2 is 1.65 bits per heavy atom. The number of carboxylic acids is 1. The van der Waals surface area contributed by atoms with E-state index >= 15 is 0 Å². The fourth-order valence-electron chi connectivity index (χ4n) is 3.29. The lowest BCUT2D eigenvalue weighted by molar-refractivity contribution is -0.137. The summed E-state index contributed by atoms with van der Waals surface area (Å²) in [7, 11) is 0. The fraction of sp³-hybridized carbons (Fsp3) is 0.320. The van der Waals surface area contributed by atoms with Crippen molar-refractivity contribution in [3.8, 4) is 0 Å². The van der Waals surface area contributed by atoms with Gasteiger partial charge in [-0.05, 0) is 84.8 Å². The molecule has 31 heavy (non-hydrogen) atoms. The number of rotatable bonds is 6. The maximum Gasteiger partial charge on any atom is 0.416 e. The molecule has 0 saturated carbocycles. The van der Waals surface area contributed by atoms with Gasteiger partial charge in [0, 0.05) is 19.2 Å². The molecule has 166 valence electrons. The Kier molecular flexibility index (Phi) is 8.48. The number of aryl methyl sites for hydroxylation is 3. The Hall–Kier alpha value is -3.02. The van der Waals surface area contributed by atoms with Gasteiger partial charge in [0.1, 0.15) is 0 Å². The molecule has 0 spiro atoms. The number of aliphatic carboxylic acids is 1. The SMILES string of the molecule is CC(=O)O.Cc1ccc(NCCCCc2cc(C(F)(F)F)cc3ccccc23)cc1C. The van der Waals surface area contributed by atoms with Crippen LogP contribution in [-0.2, 0) is 17.4 Å². The Labute approximate surface area is 180 Å². The molecule has 3 aromatic carbocycles. The van der Waals surface area contributed by atoms with Gasteiger partial charge in [-0.25, -0.2) is 0 Å². The number of unbranched alkanes of at least 4 members (excludes halogenated alkanes) is 1. The lowest BCUT2D eigenvalue weighted by Gasteiger charge is -2.13. The van der Waals surface area contributed by atoms with E-state index in [1.807, 2.05) is 12.1 Å². The third-order valence-electron chi connectivity index (χ3n) is 4.98. The fourth-order valence-corrected chi connectivity index (χ4v) is 3.29. The number of carboxylic acid groups (broad SMARTS) is 1. The highest BCUT2D eigenvalue weighted by molar-refractivity contribution is 5.86. The molecule has 0 atom stereocenters. The zero-order chi connectivity index (χ0) is 23.0. The molecule has 0 saturated heterocycles. The molecule has 0 aliphatic heterocycles. The van der Waals surface area contributed by atoms with Crippen molar-refractivity contribution in [2.45, 2.75) is 46.2 Å². The molecule has 0 fully saturated rings. The van der Waals surface area contributed by atoms with Gasteiger partial charge < -0.3 is 10.4 Å². The normalized spacial score (nSPS) is 11.0. The standard InChI is InChI=1S/C23H24F3N.C2H4O2/c1-16-10-11-21(13-17(16)2)27-12-6-5-8-19-15-20(23(24,25)26)14-18-7-3-4-9-22(18)19;1-2(3)4/h3-4,7,9-11,13-15,27H,5-6,8,12H2,1-2H3;1H3,(H,3,4). The third-order valence-corrected chi connectivity index (χ3v) is 4.98. The largest absolute Gasteiger partial charge is 0.481 e. The van der Waals surface area contributed by atoms with Crippen LogP contribution < -0.4 is 5.32 Å². The zero-order valence-corrected chi connectivity index (χ0v) is 18.0. The maximum absolute atomic E-state index is 13.2. The van der Waals surface area contributed by atoms with Gasteiger partial charge in [-0.1, -0.05) is 30.3 Å². The van der Waals surface area contributed by atoms with E-state index in [4.69, 9.17) is 9.90 Å². The van der Waals surface area contributed by atoms with Crippen LogP contribution in [0.15, 0.2) is 54.6 Å². The van der Waals surface area contributed by atoms with Crippen LogP contribution in [0.25, 0.3) is 10.8 Å². The van der Waals surface area contributed by atoms with E-state index in [9.17, 15) is 13.2 Å². The van der Waals surface area contributed by atoms with Crippen molar-refractivity contribution in [2.75, 3.05) is 11.9 Å². The first-order valence-electron chi connectivity index (χ1n) is 10.2. The summed E-state index contributed by atoms with van der Waals surface area (Å²) in [5.74, 6) is -0.833. The molecular weight excluding hydrogens is 403 g/mol. The summed E-state index contributed by atoms with van der Waals surface area (Å²) in [6.45, 7) is 6.05. The van der Waals surface area contributed by atoms with E-state index in [-0.39, 0.29) is 0 Å². The highest BCUT2D eigenvalue weighted by atomic mass is 19.4. The number of halogens is 3. The summed E-state index contributed by atoms with van der Waals surface area (Å²) in [6, 6.07) is 16.1. The topological polar surface area (TPSA) is 49.3 Å². The Balaban J connectivity index is 0.000000785. The number of hydrogen-bond donors (Lipinski definition) is 2. The van der Waals surface area contributed by atoms with Crippen LogP contribution in [0.4, 0.5) is 18.9 Å². The first-order chi connectivity index (χ1) is 14.6. The molecule has 0 aliphatic rings. The molecule has 3 rings (SSSR count). The van der Waals surface area contributed by atoms with Crippen molar-refractivity contribution in [1.29, 1.82) is 0 Å². The molecular formula is C25H28F3NO2. The minimum atomic E-state index is -4.32. The second-order valence-electron chi connectivity index (χ2n) is 7.56. The predicted octanol–water partition coefficient (Wildman–Crippen LogP) is 7.00. The van der Waals surface area contributed by atoms with Crippen molar-refractivity contribution in [1.82, 2.24) is 0 Å². The van der Waals surface area contributed by atoms with Gasteiger partial charge in [0.2, 0.25) is 0 Å². The highest BCUT2D eigenvalue weighted by Crippen LogP contribution is 2.33. The second kappa shape index (κ2) is 10.8. The molecule has 0 aliphatic carbocycles. The first kappa shape index (κ1) is 24.3. The van der Waals surface area contributed by atoms with Gasteiger partial charge in [-0.3, -0.25) is 4.79 Å². The first-order valence-corrected chi connectivity index (χ1v) is 10.2. The summed E-state index contributed by atoms with van der Waals surface area (Å²) in [5, 5.41) is 12.4. The van der Waals surface area contributed by atoms with Crippen molar-refractivity contribution in [3.05, 3.63) is 76.9 Å². The second-order valence-corrected chi connectivity index (χ2v) is 7.56. The summed E-state index contributed by atoms with van der Waals surface area (Å²) in [4.78, 5) is 9.00. The Morgan fingerprint density at radius 3 is 2.29 bits per heavy atom. The van der Waals surface area contributed by atoms with Crippen molar-refractivity contribution in [2.24, 2.45) is 0 Å². The van der Waals surface area contributed by atoms with Gasteiger partial charge in [0.25, 0.3) is 5.97 Å². The van der Waals surface area contributed by atoms with Crippen LogP contribution in [0.1, 0.15) is 42.0 Å². The van der Waals surface area contributed by atoms with E-state index in [1.54, 1.807) is 12.1 Å². The zero-order valence-electron chi connectivity index (χ0n) is 18.0. The molecule has 0 unspecified atom stereocenters. The van der Waals surface area contributed by atoms with Crippen LogP contribution in [0.5, 0.6) is 0 Å². The minimum absolute atomic E-state index is 0.565. The van der Waals surface area contributed by atoms with Gasteiger partial charge in [0.05, 0.1) is 5.56 Å². The summed E-state index contributed by atoms with van der Waals surface area (Å²) < 4.78 is 39.5. The van der Waals surface area contributed by atoms with Crippen LogP contribution in [-0.4, -0.2) is 17.6 Å². The van der Waals surface area contributed by atoms with Crippen LogP contribution in [0.2, 0.25) is 0 Å². The molecule has 2 N–H and O–H groups in total. The number of fused-ring (bicyclic) bond motifs is 1. The average molecular weight is 431 g/mol. The predicted molar refractivity (Wildman–Crippen MR) is 120 cm³/mol. The van der Waals surface area contributed by atoms with Gasteiger partial charge >= 0.3 is 6.18 Å². The quantitative estimate of drug-likeness (QED) is 0.413. The van der Waals surface area contributed by atoms with Gasteiger partial charge in [0.15, 0.2) is 0 Å². The summed E-state index contributed by atoms with van der Waals surface area (Å²) in [5.41, 5.74) is 3.80. The number of carbonyl (C=O) groups is 1. The Bertz CT molecular complexity index is 1020. The van der Waals surface area contributed by atoms with E-state index in [0.29, 0.717) is 11.8 Å². The molecule has 3 aromatic rings. The van der Waals surface area contributed by atoms with Crippen molar-refractivity contribution < 1.29 is 23.1 Å². The minimum Gasteiger partial charge on any atom is -0.481 e. The van der Waals surface area contributed by atoms with E-state index < -0.39 is 17.7 Å². The summed E-state index contributed by atoms with van der Waals surface area (Å²) >= 11 is 0. The molecule has 0 radical (unpaired) electrons. The van der Waals surface area contributed by atoms with Crippen molar-refractivity contribution in [3.63, 3.8) is 0 Å². The van der Waals surface area contributed by atoms with E-state index in [2.05, 4.69) is 37.4 Å². The van der Waals surface area contributed by atoms with E-state index in [0.717, 1.165) is 42.9 Å². The Morgan fingerprint density at radius 1 is 0.968 bits per heavy atom. The number of hydrogen-bond acceptors (Lipinski definition) is 2. The van der Waals surface area contributed by atoms with Crippen LogP contribution >= 0.6 is 0 Å². The van der Waals surface area contributed by atoms with Crippen molar-refractivity contribution >= 4 is 22.4 Å². The molecule has 3 nitrogen and oxygen atoms in total. The molecule has 0 heterocycles. The monoisotopic (exact) mass is 431 g/mol. The summed E-state index contributed by atoms with van der Waals surface area (Å²) in [6.07, 6.45) is -1.94. The number of benzene rings is 3. The lowest BCUT2D eigenvalue weighted by Crippen LogP contribution is -2.06. The molecule has 0 amide bonds. The van der Waals surface area contributed by atoms with Crippen LogP contribution in [0.3, 0.4) is 0 Å². The number of anilines is 1. The number of alkyl halides is 3. The third kappa shape index (κ3) is 7.63. The molecule has 0 bridgehead atoms. The molecule has 6 heteroatoms.